The van der Waals surface area contributed by atoms with Crippen LogP contribution in [0, 0.1) is 11.7 Å². The number of nitrogens with one attached hydrogen (secondary N) is 3. The van der Waals surface area contributed by atoms with E-state index in [-0.39, 0.29) is 17.5 Å². The first-order chi connectivity index (χ1) is 18.1. The van der Waals surface area contributed by atoms with Crippen LogP contribution in [0.4, 0.5) is 4.39 Å². The molecule has 4 aromatic rings. The molecule has 0 amide bonds. The van der Waals surface area contributed by atoms with Gasteiger partial charge in [0.15, 0.2) is 0 Å². The number of aromatic amines is 1. The Morgan fingerprint density at radius 2 is 1.86 bits per heavy atom. The zero-order chi connectivity index (χ0) is 24.9. The molecule has 4 fully saturated rings. The highest BCUT2D eigenvalue weighted by Gasteiger charge is 2.35. The highest BCUT2D eigenvalue weighted by molar-refractivity contribution is 5.85. The van der Waals surface area contributed by atoms with Crippen molar-refractivity contribution in [3.05, 3.63) is 64.7 Å². The Hall–Kier alpha value is -3.07. The Kier molecular flexibility index (Phi) is 5.83. The molecule has 192 valence electrons. The van der Waals surface area contributed by atoms with Crippen LogP contribution < -0.4 is 16.2 Å². The molecule has 7 nitrogen and oxygen atoms in total. The van der Waals surface area contributed by atoms with Gasteiger partial charge < -0.3 is 15.2 Å². The number of halogens is 1. The van der Waals surface area contributed by atoms with E-state index in [2.05, 4.69) is 25.5 Å². The molecule has 2 bridgehead atoms. The molecular weight excluding hydrogens is 467 g/mol. The largest absolute Gasteiger partial charge is 0.338 e. The van der Waals surface area contributed by atoms with E-state index in [0.717, 1.165) is 54.8 Å². The molecule has 8 rings (SSSR count). The lowest BCUT2D eigenvalue weighted by Gasteiger charge is -2.46. The summed E-state index contributed by atoms with van der Waals surface area (Å²) in [6.45, 7) is 4.48. The molecule has 4 aliphatic heterocycles. The molecule has 2 aromatic heterocycles. The molecule has 2 unspecified atom stereocenters. The summed E-state index contributed by atoms with van der Waals surface area (Å²) in [7, 11) is 0. The van der Waals surface area contributed by atoms with E-state index in [1.807, 2.05) is 28.8 Å². The van der Waals surface area contributed by atoms with Crippen molar-refractivity contribution < 1.29 is 4.39 Å². The van der Waals surface area contributed by atoms with Gasteiger partial charge in [-0.05, 0) is 94.1 Å². The third-order valence-corrected chi connectivity index (χ3v) is 8.72. The van der Waals surface area contributed by atoms with Gasteiger partial charge in [-0.1, -0.05) is 12.1 Å². The topological polar surface area (TPSA) is 78.0 Å². The minimum atomic E-state index is -0.316. The molecule has 2 aromatic carbocycles. The van der Waals surface area contributed by atoms with E-state index in [0.29, 0.717) is 28.9 Å². The fourth-order valence-corrected chi connectivity index (χ4v) is 6.75. The first-order valence-electron chi connectivity index (χ1n) is 13.6. The third kappa shape index (κ3) is 4.27. The number of pyridine rings is 1. The predicted octanol–water partition coefficient (Wildman–Crippen LogP) is 4.01. The van der Waals surface area contributed by atoms with Crippen LogP contribution in [0.15, 0.2) is 53.3 Å². The first kappa shape index (κ1) is 23.1. The van der Waals surface area contributed by atoms with Crippen molar-refractivity contribution in [1.82, 2.24) is 30.1 Å². The van der Waals surface area contributed by atoms with Crippen LogP contribution in [0.3, 0.4) is 0 Å². The highest BCUT2D eigenvalue weighted by atomic mass is 19.1. The minimum Gasteiger partial charge on any atom is -0.338 e. The number of H-pyrrole nitrogens is 1. The number of aromatic nitrogens is 3. The summed E-state index contributed by atoms with van der Waals surface area (Å²) in [5.74, 6) is 0.990. The Balaban J connectivity index is 1.21. The van der Waals surface area contributed by atoms with Gasteiger partial charge in [0, 0.05) is 24.0 Å². The van der Waals surface area contributed by atoms with Crippen molar-refractivity contribution in [3.8, 4) is 11.4 Å². The summed E-state index contributed by atoms with van der Waals surface area (Å²) in [5, 5.41) is 8.32. The molecule has 0 saturated carbocycles. The summed E-state index contributed by atoms with van der Waals surface area (Å²) in [6, 6.07) is 15.2. The quantitative estimate of drug-likeness (QED) is 0.395. The number of para-hydroxylation sites is 2. The van der Waals surface area contributed by atoms with Crippen LogP contribution in [0.5, 0.6) is 0 Å². The average Bonchev–Trinajstić information content (AvgIpc) is 3.22. The number of rotatable bonds is 4. The van der Waals surface area contributed by atoms with Crippen LogP contribution in [0.1, 0.15) is 38.3 Å². The number of nitrogens with zero attached hydrogens (tertiary/aromatic N) is 3. The molecule has 4 aliphatic rings. The number of piperidine rings is 3. The predicted molar refractivity (Wildman–Crippen MR) is 144 cm³/mol. The van der Waals surface area contributed by atoms with Gasteiger partial charge in [-0.3, -0.25) is 14.7 Å². The van der Waals surface area contributed by atoms with Crippen molar-refractivity contribution in [2.24, 2.45) is 5.92 Å². The maximum Gasteiger partial charge on any atom is 0.263 e. The Morgan fingerprint density at radius 1 is 1.00 bits per heavy atom. The molecular formula is C29H33FN6O. The van der Waals surface area contributed by atoms with Crippen LogP contribution in [0.2, 0.25) is 0 Å². The Labute approximate surface area is 215 Å². The number of imidazole rings is 1. The number of hydrogen-bond donors (Lipinski definition) is 3. The SMILES string of the molecule is O=c1c(-c2nc3ccccc3[nH]2)cc2cc(F)ccc2n1C1CCC(N[C@H]2CN3CCC2CC3)CCN1. The van der Waals surface area contributed by atoms with Crippen LogP contribution in [-0.4, -0.2) is 57.7 Å². The van der Waals surface area contributed by atoms with Crippen LogP contribution >= 0.6 is 0 Å². The number of benzene rings is 2. The van der Waals surface area contributed by atoms with Crippen molar-refractivity contribution in [2.75, 3.05) is 26.2 Å². The van der Waals surface area contributed by atoms with Gasteiger partial charge in [0.05, 0.1) is 28.3 Å². The van der Waals surface area contributed by atoms with Gasteiger partial charge in [0.1, 0.15) is 11.6 Å². The van der Waals surface area contributed by atoms with Crippen LogP contribution in [-0.2, 0) is 0 Å². The van der Waals surface area contributed by atoms with Gasteiger partial charge in [0.2, 0.25) is 0 Å². The van der Waals surface area contributed by atoms with Crippen molar-refractivity contribution >= 4 is 21.9 Å². The lowest BCUT2D eigenvalue weighted by atomic mass is 9.83. The summed E-state index contributed by atoms with van der Waals surface area (Å²) in [6.07, 6.45) is 5.29. The molecule has 4 saturated heterocycles. The fourth-order valence-electron chi connectivity index (χ4n) is 6.75. The van der Waals surface area contributed by atoms with E-state index in [1.165, 1.54) is 38.1 Å². The van der Waals surface area contributed by atoms with E-state index >= 15 is 0 Å². The van der Waals surface area contributed by atoms with E-state index < -0.39 is 0 Å². The minimum absolute atomic E-state index is 0.112. The zero-order valence-electron chi connectivity index (χ0n) is 20.9. The number of fused-ring (bicyclic) bond motifs is 5. The van der Waals surface area contributed by atoms with Gasteiger partial charge in [-0.25, -0.2) is 9.37 Å². The van der Waals surface area contributed by atoms with Crippen molar-refractivity contribution in [2.45, 2.75) is 50.4 Å². The zero-order valence-corrected chi connectivity index (χ0v) is 20.9. The smallest absolute Gasteiger partial charge is 0.263 e. The van der Waals surface area contributed by atoms with E-state index in [4.69, 9.17) is 0 Å². The van der Waals surface area contributed by atoms with E-state index in [9.17, 15) is 9.18 Å². The summed E-state index contributed by atoms with van der Waals surface area (Å²) in [5.41, 5.74) is 2.77. The summed E-state index contributed by atoms with van der Waals surface area (Å²) < 4.78 is 16.1. The molecule has 37 heavy (non-hydrogen) atoms. The Bertz CT molecular complexity index is 1470. The average molecular weight is 501 g/mol. The van der Waals surface area contributed by atoms with Gasteiger partial charge in [-0.2, -0.15) is 0 Å². The maximum atomic E-state index is 14.3. The summed E-state index contributed by atoms with van der Waals surface area (Å²) >= 11 is 0. The molecule has 0 radical (unpaired) electrons. The Morgan fingerprint density at radius 3 is 2.68 bits per heavy atom. The summed E-state index contributed by atoms with van der Waals surface area (Å²) in [4.78, 5) is 24.5. The molecule has 0 spiro atoms. The van der Waals surface area contributed by atoms with E-state index in [1.54, 1.807) is 12.1 Å². The maximum absolute atomic E-state index is 14.3. The second kappa shape index (κ2) is 9.35. The van der Waals surface area contributed by atoms with Crippen molar-refractivity contribution in [3.63, 3.8) is 0 Å². The van der Waals surface area contributed by atoms with Gasteiger partial charge in [-0.15, -0.1) is 0 Å². The number of hydrogen-bond acceptors (Lipinski definition) is 5. The second-order valence-corrected chi connectivity index (χ2v) is 11.0. The molecule has 3 N–H and O–H groups in total. The van der Waals surface area contributed by atoms with Gasteiger partial charge >= 0.3 is 0 Å². The standard InChI is InChI=1S/C29H33FN6O/c30-20-5-7-26-19(15-20)16-22(28-33-23-3-1-2-4-24(23)34-28)29(37)36(26)27-8-6-21(9-12-31-27)32-25-17-35-13-10-18(25)11-14-35/h1-5,7,15-16,18,21,25,27,31-32H,6,8-14,17H2,(H,33,34)/t21?,25-,27?/m0/s1. The highest BCUT2D eigenvalue weighted by Crippen LogP contribution is 2.30. The van der Waals surface area contributed by atoms with Crippen molar-refractivity contribution in [1.29, 1.82) is 0 Å². The normalized spacial score (nSPS) is 28.1. The molecule has 6 heterocycles. The third-order valence-electron chi connectivity index (χ3n) is 8.72. The lowest BCUT2D eigenvalue weighted by molar-refractivity contribution is 0.0660. The monoisotopic (exact) mass is 500 g/mol. The second-order valence-electron chi connectivity index (χ2n) is 11.0. The first-order valence-corrected chi connectivity index (χ1v) is 13.6. The molecule has 8 heteroatoms. The van der Waals surface area contributed by atoms with Crippen LogP contribution in [0.25, 0.3) is 33.3 Å². The lowest BCUT2D eigenvalue weighted by Crippen LogP contribution is -2.58. The molecule has 0 aliphatic carbocycles. The van der Waals surface area contributed by atoms with Gasteiger partial charge in [0.25, 0.3) is 5.56 Å². The fraction of sp³-hybridized carbons (Fsp3) is 0.448. The molecule has 3 atom stereocenters.